The molecule has 0 aliphatic carbocycles. The predicted molar refractivity (Wildman–Crippen MR) is 39.4 cm³/mol. The van der Waals surface area contributed by atoms with Gasteiger partial charge >= 0.3 is 12.1 Å². The van der Waals surface area contributed by atoms with Gasteiger partial charge in [-0.25, -0.2) is 4.79 Å². The summed E-state index contributed by atoms with van der Waals surface area (Å²) >= 11 is -1.48. The zero-order chi connectivity index (χ0) is 9.19. The molecule has 2 nitrogen and oxygen atoms in total. The second-order valence-corrected chi connectivity index (χ2v) is 3.42. The average Bonchev–Trinajstić information content (AvgIpc) is 2.37. The second kappa shape index (κ2) is 3.22. The summed E-state index contributed by atoms with van der Waals surface area (Å²) in [7, 11) is 0. The molecule has 68 valence electrons. The first kappa shape index (κ1) is 9.18. The quantitative estimate of drug-likeness (QED) is 0.652. The summed E-state index contributed by atoms with van der Waals surface area (Å²) in [5.41, 5.74) is 0. The Balaban J connectivity index is 2.47. The number of hydrogen-bond donors (Lipinski definition) is 1. The van der Waals surface area contributed by atoms with E-state index >= 15 is 0 Å². The summed E-state index contributed by atoms with van der Waals surface area (Å²) in [6.45, 7) is 0. The van der Waals surface area contributed by atoms with Crippen molar-refractivity contribution in [3.05, 3.63) is 23.0 Å². The smallest absolute Gasteiger partial charge is 0.404 e. The summed E-state index contributed by atoms with van der Waals surface area (Å²) in [5.74, 6) is -2.13. The lowest BCUT2D eigenvalue weighted by molar-refractivity contribution is -0.188. The first-order valence-electron chi connectivity index (χ1n) is 2.92. The highest BCUT2D eigenvalue weighted by molar-refractivity contribution is 8.18. The van der Waals surface area contributed by atoms with Gasteiger partial charge in [0.2, 0.25) is 0 Å². The predicted octanol–water partition coefficient (Wildman–Crippen LogP) is 2.05. The average molecular weight is 198 g/mol. The van der Waals surface area contributed by atoms with Gasteiger partial charge in [-0.1, -0.05) is 23.3 Å². The van der Waals surface area contributed by atoms with Crippen molar-refractivity contribution in [2.75, 3.05) is 0 Å². The Morgan fingerprint density at radius 3 is 2.17 bits per heavy atom. The Hall–Kier alpha value is -0.910. The van der Waals surface area contributed by atoms with Crippen LogP contribution >= 0.6 is 11.2 Å². The number of thiol groups is 1. The van der Waals surface area contributed by atoms with E-state index in [1.54, 1.807) is 0 Å². The highest BCUT2D eigenvalue weighted by Crippen LogP contribution is 2.36. The van der Waals surface area contributed by atoms with Crippen LogP contribution in [0.3, 0.4) is 0 Å². The molecule has 6 heteroatoms. The van der Waals surface area contributed by atoms with Gasteiger partial charge in [0.15, 0.2) is 0 Å². The number of allylic oxidation sites excluding steroid dienone is 2. The van der Waals surface area contributed by atoms with E-state index in [-0.39, 0.29) is 0 Å². The van der Waals surface area contributed by atoms with Crippen LogP contribution in [-0.4, -0.2) is 12.1 Å². The van der Waals surface area contributed by atoms with Gasteiger partial charge < -0.3 is 4.18 Å². The Morgan fingerprint density at radius 2 is 1.75 bits per heavy atom. The van der Waals surface area contributed by atoms with E-state index in [0.717, 1.165) is 0 Å². The van der Waals surface area contributed by atoms with Gasteiger partial charge in [-0.15, -0.1) is 0 Å². The monoisotopic (exact) mass is 198 g/mol. The summed E-state index contributed by atoms with van der Waals surface area (Å²) in [6.07, 6.45) is -1.82. The number of halogens is 3. The molecule has 0 unspecified atom stereocenters. The van der Waals surface area contributed by atoms with Gasteiger partial charge in [0, 0.05) is 0 Å². The standard InChI is InChI=1S/C6H5F3O2S/c7-6(8,9)5(10)11-12-3-1-2-4-12/h1-4,12H. The Kier molecular flexibility index (Phi) is 2.46. The molecule has 0 aromatic rings. The van der Waals surface area contributed by atoms with Crippen LogP contribution in [-0.2, 0) is 8.98 Å². The zero-order valence-corrected chi connectivity index (χ0v) is 6.60. The van der Waals surface area contributed by atoms with Crippen LogP contribution in [0.2, 0.25) is 0 Å². The fraction of sp³-hybridized carbons (Fsp3) is 0.167. The molecule has 0 radical (unpaired) electrons. The molecule has 0 bridgehead atoms. The Labute approximate surface area is 69.3 Å². The number of carbonyl (C=O) groups excluding carboxylic acids is 1. The lowest BCUT2D eigenvalue weighted by atomic mass is 10.6. The van der Waals surface area contributed by atoms with Crippen LogP contribution in [0.5, 0.6) is 0 Å². The molecule has 0 saturated carbocycles. The highest BCUT2D eigenvalue weighted by Gasteiger charge is 2.41. The van der Waals surface area contributed by atoms with Gasteiger partial charge in [0.1, 0.15) is 0 Å². The van der Waals surface area contributed by atoms with Crippen LogP contribution in [0.1, 0.15) is 0 Å². The van der Waals surface area contributed by atoms with E-state index in [4.69, 9.17) is 0 Å². The van der Waals surface area contributed by atoms with Crippen LogP contribution in [0.25, 0.3) is 0 Å². The minimum absolute atomic E-state index is 1.42. The van der Waals surface area contributed by atoms with E-state index in [0.29, 0.717) is 0 Å². The normalized spacial score (nSPS) is 18.4. The maximum Gasteiger partial charge on any atom is 0.491 e. The third-order valence-electron chi connectivity index (χ3n) is 0.997. The molecule has 12 heavy (non-hydrogen) atoms. The largest absolute Gasteiger partial charge is 0.491 e. The molecule has 0 spiro atoms. The van der Waals surface area contributed by atoms with Crippen LogP contribution < -0.4 is 0 Å². The van der Waals surface area contributed by atoms with Crippen molar-refractivity contribution in [2.24, 2.45) is 0 Å². The first-order chi connectivity index (χ1) is 5.50. The van der Waals surface area contributed by atoms with E-state index in [1.165, 1.54) is 23.0 Å². The maximum absolute atomic E-state index is 11.6. The van der Waals surface area contributed by atoms with Gasteiger partial charge in [0.25, 0.3) is 0 Å². The number of hydrogen-bond acceptors (Lipinski definition) is 2. The summed E-state index contributed by atoms with van der Waals surface area (Å²) in [4.78, 5) is 10.2. The summed E-state index contributed by atoms with van der Waals surface area (Å²) < 4.78 is 38.9. The molecule has 1 aliphatic heterocycles. The minimum Gasteiger partial charge on any atom is -0.404 e. The summed E-state index contributed by atoms with van der Waals surface area (Å²) in [6, 6.07) is 0. The van der Waals surface area contributed by atoms with Crippen LogP contribution in [0.15, 0.2) is 23.0 Å². The molecule has 1 aliphatic rings. The second-order valence-electron chi connectivity index (χ2n) is 1.92. The third kappa shape index (κ3) is 2.30. The van der Waals surface area contributed by atoms with Gasteiger partial charge in [-0.2, -0.15) is 13.2 Å². The lowest BCUT2D eigenvalue weighted by Gasteiger charge is -2.12. The molecular weight excluding hydrogens is 193 g/mol. The van der Waals surface area contributed by atoms with Gasteiger partial charge in [0.05, 0.1) is 0 Å². The van der Waals surface area contributed by atoms with Crippen molar-refractivity contribution in [3.63, 3.8) is 0 Å². The number of rotatable bonds is 1. The molecule has 0 fully saturated rings. The van der Waals surface area contributed by atoms with Crippen molar-refractivity contribution in [3.8, 4) is 0 Å². The summed E-state index contributed by atoms with van der Waals surface area (Å²) in [5, 5.41) is 2.83. The lowest BCUT2D eigenvalue weighted by Crippen LogP contribution is -2.23. The van der Waals surface area contributed by atoms with Crippen molar-refractivity contribution >= 4 is 17.1 Å². The van der Waals surface area contributed by atoms with E-state index in [9.17, 15) is 18.0 Å². The molecule has 0 atom stereocenters. The van der Waals surface area contributed by atoms with Gasteiger partial charge in [-0.05, 0) is 10.8 Å². The third-order valence-corrected chi connectivity index (χ3v) is 2.31. The highest BCUT2D eigenvalue weighted by atomic mass is 32.2. The molecule has 0 saturated heterocycles. The molecule has 1 rings (SSSR count). The maximum atomic E-state index is 11.6. The van der Waals surface area contributed by atoms with Crippen molar-refractivity contribution in [1.82, 2.24) is 0 Å². The van der Waals surface area contributed by atoms with E-state index in [2.05, 4.69) is 4.18 Å². The molecule has 1 heterocycles. The first-order valence-corrected chi connectivity index (χ1v) is 4.32. The van der Waals surface area contributed by atoms with Crippen LogP contribution in [0.4, 0.5) is 13.2 Å². The van der Waals surface area contributed by atoms with Crippen molar-refractivity contribution < 1.29 is 22.1 Å². The molecule has 0 aromatic heterocycles. The van der Waals surface area contributed by atoms with E-state index in [1.807, 2.05) is 0 Å². The fourth-order valence-corrected chi connectivity index (χ4v) is 1.58. The van der Waals surface area contributed by atoms with E-state index < -0.39 is 23.3 Å². The van der Waals surface area contributed by atoms with Crippen molar-refractivity contribution in [2.45, 2.75) is 6.18 Å². The minimum atomic E-state index is -4.90. The van der Waals surface area contributed by atoms with Crippen LogP contribution in [0, 0.1) is 0 Å². The number of carbonyl (C=O) groups is 1. The fourth-order valence-electron chi connectivity index (χ4n) is 0.527. The van der Waals surface area contributed by atoms with Crippen molar-refractivity contribution in [1.29, 1.82) is 0 Å². The molecule has 0 N–H and O–H groups in total. The Bertz CT molecular complexity index is 232. The van der Waals surface area contributed by atoms with Gasteiger partial charge in [-0.3, -0.25) is 0 Å². The SMILES string of the molecule is O=C(O[SH]1C=CC=C1)C(F)(F)F. The number of alkyl halides is 3. The molecule has 0 amide bonds. The molecular formula is C6H5F3O2S. The molecule has 0 aromatic carbocycles. The Morgan fingerprint density at radius 1 is 1.25 bits per heavy atom. The zero-order valence-electron chi connectivity index (χ0n) is 5.71. The topological polar surface area (TPSA) is 26.3 Å².